The van der Waals surface area contributed by atoms with Crippen LogP contribution in [0.1, 0.15) is 69.3 Å². The lowest BCUT2D eigenvalue weighted by Gasteiger charge is -2.36. The molecule has 2 fully saturated rings. The van der Waals surface area contributed by atoms with Gasteiger partial charge in [0.25, 0.3) is 0 Å². The molecule has 1 aromatic rings. The molecule has 1 nitrogen and oxygen atoms in total. The van der Waals surface area contributed by atoms with Crippen molar-refractivity contribution in [1.29, 1.82) is 0 Å². The predicted molar refractivity (Wildman–Crippen MR) is 79.4 cm³/mol. The van der Waals surface area contributed by atoms with Crippen LogP contribution in [0.5, 0.6) is 5.75 Å². The Morgan fingerprint density at radius 1 is 0.789 bits per heavy atom. The van der Waals surface area contributed by atoms with Crippen molar-refractivity contribution < 1.29 is 5.11 Å². The van der Waals surface area contributed by atoms with Crippen molar-refractivity contribution in [2.75, 3.05) is 0 Å². The van der Waals surface area contributed by atoms with E-state index in [2.05, 4.69) is 6.07 Å². The number of rotatable bonds is 2. The third kappa shape index (κ3) is 3.13. The fourth-order valence-electron chi connectivity index (χ4n) is 4.31. The average molecular weight is 258 g/mol. The standard InChI is InChI=1S/C18H26O/c19-18-8-4-7-17(13-18)16-11-9-15(10-12-16)14-5-2-1-3-6-14/h4,7-8,13-16,19H,1-3,5-6,9-12H2. The normalized spacial score (nSPS) is 29.3. The lowest BCUT2D eigenvalue weighted by atomic mass is 9.70. The van der Waals surface area contributed by atoms with Gasteiger partial charge in [-0.3, -0.25) is 0 Å². The molecule has 1 heteroatoms. The molecule has 2 aliphatic rings. The zero-order valence-electron chi connectivity index (χ0n) is 11.9. The Hall–Kier alpha value is -0.980. The topological polar surface area (TPSA) is 20.2 Å². The van der Waals surface area contributed by atoms with E-state index in [0.29, 0.717) is 11.7 Å². The van der Waals surface area contributed by atoms with Crippen LogP contribution < -0.4 is 0 Å². The largest absolute Gasteiger partial charge is 0.508 e. The third-order valence-corrected chi connectivity index (χ3v) is 5.43. The van der Waals surface area contributed by atoms with Gasteiger partial charge in [0, 0.05) is 0 Å². The maximum atomic E-state index is 9.60. The second kappa shape index (κ2) is 5.98. The van der Waals surface area contributed by atoms with Crippen molar-refractivity contribution in [2.45, 2.75) is 63.7 Å². The summed E-state index contributed by atoms with van der Waals surface area (Å²) in [6.07, 6.45) is 12.8. The molecule has 1 aromatic carbocycles. The molecule has 0 aromatic heterocycles. The Morgan fingerprint density at radius 2 is 1.47 bits per heavy atom. The average Bonchev–Trinajstić information content (AvgIpc) is 2.48. The van der Waals surface area contributed by atoms with Gasteiger partial charge in [0.05, 0.1) is 0 Å². The minimum atomic E-state index is 0.423. The van der Waals surface area contributed by atoms with E-state index in [0.717, 1.165) is 11.8 Å². The number of hydrogen-bond acceptors (Lipinski definition) is 1. The van der Waals surface area contributed by atoms with Gasteiger partial charge >= 0.3 is 0 Å². The summed E-state index contributed by atoms with van der Waals surface area (Å²) in [5.41, 5.74) is 1.35. The number of aromatic hydroxyl groups is 1. The molecule has 2 aliphatic carbocycles. The highest BCUT2D eigenvalue weighted by molar-refractivity contribution is 5.29. The van der Waals surface area contributed by atoms with Crippen LogP contribution in [-0.4, -0.2) is 5.11 Å². The predicted octanol–water partition coefficient (Wildman–Crippen LogP) is 5.25. The minimum Gasteiger partial charge on any atom is -0.508 e. The van der Waals surface area contributed by atoms with Crippen LogP contribution >= 0.6 is 0 Å². The summed E-state index contributed by atoms with van der Waals surface area (Å²) in [5, 5.41) is 9.60. The van der Waals surface area contributed by atoms with Gasteiger partial charge in [-0.05, 0) is 61.1 Å². The smallest absolute Gasteiger partial charge is 0.115 e. The second-order valence-corrected chi connectivity index (χ2v) is 6.60. The van der Waals surface area contributed by atoms with Crippen molar-refractivity contribution in [3.8, 4) is 5.75 Å². The van der Waals surface area contributed by atoms with E-state index < -0.39 is 0 Å². The molecule has 0 atom stereocenters. The molecule has 0 radical (unpaired) electrons. The summed E-state index contributed by atoms with van der Waals surface area (Å²) in [6, 6.07) is 7.91. The Bertz CT molecular complexity index is 398. The van der Waals surface area contributed by atoms with Crippen LogP contribution in [0, 0.1) is 11.8 Å². The molecule has 0 heterocycles. The number of phenols is 1. The first kappa shape index (κ1) is 13.0. The summed E-state index contributed by atoms with van der Waals surface area (Å²) in [5.74, 6) is 3.13. The van der Waals surface area contributed by atoms with E-state index in [9.17, 15) is 5.11 Å². The Labute approximate surface area is 117 Å². The van der Waals surface area contributed by atoms with Gasteiger partial charge in [-0.25, -0.2) is 0 Å². The van der Waals surface area contributed by atoms with Crippen molar-refractivity contribution in [3.63, 3.8) is 0 Å². The summed E-state index contributed by atoms with van der Waals surface area (Å²) in [7, 11) is 0. The fraction of sp³-hybridized carbons (Fsp3) is 0.667. The molecule has 3 rings (SSSR count). The lowest BCUT2D eigenvalue weighted by molar-refractivity contribution is 0.186. The van der Waals surface area contributed by atoms with E-state index in [1.165, 1.54) is 63.4 Å². The van der Waals surface area contributed by atoms with E-state index in [-0.39, 0.29) is 0 Å². The first-order valence-electron chi connectivity index (χ1n) is 8.12. The Kier molecular flexibility index (Phi) is 4.10. The maximum absolute atomic E-state index is 9.60. The third-order valence-electron chi connectivity index (χ3n) is 5.43. The minimum absolute atomic E-state index is 0.423. The van der Waals surface area contributed by atoms with E-state index >= 15 is 0 Å². The highest BCUT2D eigenvalue weighted by Crippen LogP contribution is 2.43. The highest BCUT2D eigenvalue weighted by Gasteiger charge is 2.28. The number of hydrogen-bond donors (Lipinski definition) is 1. The quantitative estimate of drug-likeness (QED) is 0.768. The summed E-state index contributed by atoms with van der Waals surface area (Å²) in [4.78, 5) is 0. The monoisotopic (exact) mass is 258 g/mol. The van der Waals surface area contributed by atoms with Crippen LogP contribution in [0.3, 0.4) is 0 Å². The van der Waals surface area contributed by atoms with Crippen molar-refractivity contribution in [3.05, 3.63) is 29.8 Å². The highest BCUT2D eigenvalue weighted by atomic mass is 16.3. The molecule has 0 amide bonds. The van der Waals surface area contributed by atoms with Crippen LogP contribution in [0.25, 0.3) is 0 Å². The zero-order chi connectivity index (χ0) is 13.1. The molecule has 0 aliphatic heterocycles. The van der Waals surface area contributed by atoms with Crippen LogP contribution in [0.15, 0.2) is 24.3 Å². The zero-order valence-corrected chi connectivity index (χ0v) is 11.9. The van der Waals surface area contributed by atoms with E-state index in [1.807, 2.05) is 12.1 Å². The molecule has 1 N–H and O–H groups in total. The molecule has 0 bridgehead atoms. The maximum Gasteiger partial charge on any atom is 0.115 e. The molecule has 0 spiro atoms. The van der Waals surface area contributed by atoms with Gasteiger partial charge < -0.3 is 5.11 Å². The Morgan fingerprint density at radius 3 is 2.16 bits per heavy atom. The van der Waals surface area contributed by atoms with Crippen molar-refractivity contribution >= 4 is 0 Å². The molecular formula is C18H26O. The van der Waals surface area contributed by atoms with Gasteiger partial charge in [-0.1, -0.05) is 44.2 Å². The fourth-order valence-corrected chi connectivity index (χ4v) is 4.31. The van der Waals surface area contributed by atoms with Crippen LogP contribution in [0.4, 0.5) is 0 Å². The molecule has 19 heavy (non-hydrogen) atoms. The van der Waals surface area contributed by atoms with Crippen LogP contribution in [0.2, 0.25) is 0 Å². The molecule has 104 valence electrons. The SMILES string of the molecule is Oc1cccc(C2CCC(C3CCCCC3)CC2)c1. The first-order chi connectivity index (χ1) is 9.33. The van der Waals surface area contributed by atoms with Crippen molar-refractivity contribution in [1.82, 2.24) is 0 Å². The van der Waals surface area contributed by atoms with Crippen molar-refractivity contribution in [2.24, 2.45) is 11.8 Å². The Balaban J connectivity index is 1.57. The van der Waals surface area contributed by atoms with Gasteiger partial charge in [-0.15, -0.1) is 0 Å². The van der Waals surface area contributed by atoms with Crippen LogP contribution in [-0.2, 0) is 0 Å². The summed E-state index contributed by atoms with van der Waals surface area (Å²) < 4.78 is 0. The lowest BCUT2D eigenvalue weighted by Crippen LogP contribution is -2.22. The second-order valence-electron chi connectivity index (χ2n) is 6.60. The van der Waals surface area contributed by atoms with Gasteiger partial charge in [-0.2, -0.15) is 0 Å². The van der Waals surface area contributed by atoms with E-state index in [4.69, 9.17) is 0 Å². The summed E-state index contributed by atoms with van der Waals surface area (Å²) in [6.45, 7) is 0. The molecule has 0 saturated heterocycles. The molecule has 0 unspecified atom stereocenters. The van der Waals surface area contributed by atoms with E-state index in [1.54, 1.807) is 6.07 Å². The van der Waals surface area contributed by atoms with Gasteiger partial charge in [0.1, 0.15) is 5.75 Å². The number of phenolic OH excluding ortho intramolecular Hbond substituents is 1. The first-order valence-corrected chi connectivity index (χ1v) is 8.12. The summed E-state index contributed by atoms with van der Waals surface area (Å²) >= 11 is 0. The molecule has 2 saturated carbocycles. The molecular weight excluding hydrogens is 232 g/mol. The number of benzene rings is 1. The van der Waals surface area contributed by atoms with Gasteiger partial charge in [0.2, 0.25) is 0 Å². The van der Waals surface area contributed by atoms with Gasteiger partial charge in [0.15, 0.2) is 0 Å².